The van der Waals surface area contributed by atoms with Gasteiger partial charge in [-0.15, -0.1) is 25.3 Å². The lowest BCUT2D eigenvalue weighted by atomic mass is 10.0. The summed E-state index contributed by atoms with van der Waals surface area (Å²) in [4.78, 5) is 36.3. The van der Waals surface area contributed by atoms with Gasteiger partial charge in [-0.2, -0.15) is 20.3 Å². The predicted molar refractivity (Wildman–Crippen MR) is 360 cm³/mol. The van der Waals surface area contributed by atoms with Crippen molar-refractivity contribution in [3.05, 3.63) is 94.6 Å². The van der Waals surface area contributed by atoms with E-state index in [9.17, 15) is 24.8 Å². The van der Waals surface area contributed by atoms with Gasteiger partial charge in [-0.3, -0.25) is 29.4 Å². The van der Waals surface area contributed by atoms with Crippen LogP contribution in [0.25, 0.3) is 0 Å². The molecule has 0 unspecified atom stereocenters. The van der Waals surface area contributed by atoms with E-state index >= 15 is 0 Å². The molecule has 0 spiro atoms. The Balaban J connectivity index is 0.000000400. The summed E-state index contributed by atoms with van der Waals surface area (Å²) in [5.74, 6) is 107. The number of carbonyl (C=O) groups excluding carboxylic acids is 3. The van der Waals surface area contributed by atoms with Crippen molar-refractivity contribution in [2.45, 2.75) is 78.2 Å². The van der Waals surface area contributed by atoms with Crippen molar-refractivity contribution in [3.8, 4) is 273 Å². The monoisotopic (exact) mass is 1230 g/mol. The minimum Gasteiger partial charge on any atom is -0.444 e. The molecule has 0 fully saturated rings. The Morgan fingerprint density at radius 3 is 1.00 bits per heavy atom. The zero-order valence-corrected chi connectivity index (χ0v) is 51.4. The van der Waals surface area contributed by atoms with Gasteiger partial charge in [0.1, 0.15) is 23.0 Å². The second-order valence-corrected chi connectivity index (χ2v) is 18.1. The Kier molecular flexibility index (Phi) is 33.5. The molecule has 6 rings (SSSR count). The van der Waals surface area contributed by atoms with Gasteiger partial charge < -0.3 is 15.8 Å². The molecule has 15 heteroatoms. The summed E-state index contributed by atoms with van der Waals surface area (Å²) in [6.07, 6.45) is 9.77. The van der Waals surface area contributed by atoms with Crippen LogP contribution in [0.3, 0.4) is 0 Å². The summed E-state index contributed by atoms with van der Waals surface area (Å²) >= 11 is 0. The maximum atomic E-state index is 12.5. The topological polar surface area (TPSA) is 181 Å². The highest BCUT2D eigenvalue weighted by Gasteiger charge is 2.39. The number of terminal acetylenes is 2. The normalized spacial score (nSPS) is 10.6. The fourth-order valence-corrected chi connectivity index (χ4v) is 6.96. The largest absolute Gasteiger partial charge is 0.444 e. The zero-order valence-electron chi connectivity index (χ0n) is 50.6. The Morgan fingerprint density at radius 2 is 0.734 bits per heavy atom. The molecule has 0 radical (unpaired) electrons. The lowest BCUT2D eigenvalue weighted by Crippen LogP contribution is -2.53. The summed E-state index contributed by atoms with van der Waals surface area (Å²) in [5, 5.41) is 32.9. The summed E-state index contributed by atoms with van der Waals surface area (Å²) < 4.78 is 8.77. The second-order valence-electron chi connectivity index (χ2n) is 18.1. The second kappa shape index (κ2) is 42.9. The van der Waals surface area contributed by atoms with Crippen LogP contribution in [0.15, 0.2) is 60.7 Å². The molecule has 2 aliphatic heterocycles. The molecule has 3 amide bonds. The zero-order chi connectivity index (χ0) is 67.2. The van der Waals surface area contributed by atoms with Crippen LogP contribution in [0, 0.1) is 287 Å². The van der Waals surface area contributed by atoms with Gasteiger partial charge in [-0.1, -0.05) is 60.7 Å². The number of nitrogens with two attached hydrogens (primary N) is 1. The van der Waals surface area contributed by atoms with Crippen LogP contribution in [0.4, 0.5) is 16.2 Å². The molecule has 442 valence electrons. The third-order valence-corrected chi connectivity index (χ3v) is 10.4. The maximum absolute atomic E-state index is 12.5. The molecule has 5 N–H and O–H groups in total. The van der Waals surface area contributed by atoms with Gasteiger partial charge in [0.25, 0.3) is 11.8 Å². The Labute approximate surface area is 555 Å². The average molecular weight is 1240 g/mol. The number of nitrogens with one attached hydrogen (secondary N) is 1. The Bertz CT molecular complexity index is 4980. The highest BCUT2D eigenvalue weighted by Crippen LogP contribution is 2.32. The molecule has 94 heavy (non-hydrogen) atoms. The van der Waals surface area contributed by atoms with Crippen molar-refractivity contribution in [2.75, 3.05) is 10.1 Å². The van der Waals surface area contributed by atoms with E-state index in [0.717, 1.165) is 16.8 Å². The highest BCUT2D eigenvalue weighted by atomic mass is 35.5. The number of halogens is 1. The highest BCUT2D eigenvalue weighted by molar-refractivity contribution is 6.00. The maximum Gasteiger partial charge on any atom is 0.408 e. The fourth-order valence-electron chi connectivity index (χ4n) is 6.96. The number of fused-ring (bicyclic) bond motifs is 2. The molecule has 2 aromatic heterocycles. The van der Waals surface area contributed by atoms with E-state index in [-0.39, 0.29) is 18.8 Å². The molecular formula is C79H43ClN8O6. The standard InChI is InChI=1S/C46H2.C19H24N4O4.C14H16N4O2.ClH/c1-3-5-7-9-11-13-15-17-19-21-23-25-27-29-31-33-35-37-39-41-43-45-46-44-42-40-38-36-34-32-30-28-26-24-22-20-18-16-14-12-10-8-6-4-2;1-12-16-15(22(21-12)11-13-8-6-5-7-9-13)10-14(17(24)23(16)26)20-18(25)27-19(2,3)4;1-9-13-12(7-11(15)14(19)18(13)20)17(16-9)8-10-5-3-2-4-6-10;/h1-2H;5-9,14,26H,10-11H2,1-4H3,(H,20,25);2-6,11,20H,7-8,15H2,1H3;1H/t;14-;11-;/m.00./s1. The number of rotatable bonds is 5. The predicted octanol–water partition coefficient (Wildman–Crippen LogP) is 4.00. The number of carbonyl (C=O) groups is 3. The molecule has 14 nitrogen and oxygen atoms in total. The van der Waals surface area contributed by atoms with Gasteiger partial charge in [0.2, 0.25) is 0 Å². The van der Waals surface area contributed by atoms with E-state index in [1.807, 2.05) is 60.7 Å². The number of aromatic nitrogens is 4. The fraction of sp³-hybridized carbons (Fsp3) is 0.152. The average Bonchev–Trinajstić information content (AvgIpc) is 1.61. The number of anilines is 2. The van der Waals surface area contributed by atoms with Crippen LogP contribution >= 0.6 is 12.4 Å². The van der Waals surface area contributed by atoms with Gasteiger partial charge in [-0.05, 0) is 140 Å². The van der Waals surface area contributed by atoms with Crippen LogP contribution in [-0.2, 0) is 40.3 Å². The lowest BCUT2D eigenvalue weighted by Gasteiger charge is -2.29. The molecule has 4 heterocycles. The first kappa shape index (κ1) is 73.4. The van der Waals surface area contributed by atoms with Gasteiger partial charge in [0.05, 0.1) is 41.9 Å². The van der Waals surface area contributed by atoms with E-state index in [1.165, 1.54) is 0 Å². The van der Waals surface area contributed by atoms with Gasteiger partial charge in [0, 0.05) is 179 Å². The number of hydrogen-bond acceptors (Lipinski definition) is 9. The first-order valence-electron chi connectivity index (χ1n) is 26.6. The quantitative estimate of drug-likeness (QED) is 0.170. The first-order valence-corrected chi connectivity index (χ1v) is 26.6. The molecule has 0 aliphatic carbocycles. The van der Waals surface area contributed by atoms with E-state index in [4.69, 9.17) is 23.3 Å². The van der Waals surface area contributed by atoms with Crippen molar-refractivity contribution < 1.29 is 29.5 Å². The summed E-state index contributed by atoms with van der Waals surface area (Å²) in [6.45, 7) is 9.81. The van der Waals surface area contributed by atoms with E-state index < -0.39 is 35.6 Å². The van der Waals surface area contributed by atoms with E-state index in [1.54, 1.807) is 44.0 Å². The van der Waals surface area contributed by atoms with Gasteiger partial charge >= 0.3 is 6.09 Å². The number of nitrogens with zero attached hydrogens (tertiary/aromatic N) is 6. The molecular weight excluding hydrogens is 1190 g/mol. The Morgan fingerprint density at radius 1 is 0.479 bits per heavy atom. The number of aryl methyl sites for hydroxylation is 2. The van der Waals surface area contributed by atoms with E-state index in [0.29, 0.717) is 58.1 Å². The van der Waals surface area contributed by atoms with Crippen LogP contribution in [0.1, 0.15) is 54.7 Å². The smallest absolute Gasteiger partial charge is 0.408 e. The number of hydrogen-bond donors (Lipinski definition) is 4. The van der Waals surface area contributed by atoms with Gasteiger partial charge in [-0.25, -0.2) is 4.79 Å². The molecule has 2 aromatic carbocycles. The Hall–Kier alpha value is -14.9. The first-order chi connectivity index (χ1) is 45.1. The third-order valence-electron chi connectivity index (χ3n) is 10.4. The number of benzene rings is 2. The molecule has 0 saturated heterocycles. The molecule has 4 aromatic rings. The number of hydroxylamine groups is 2. The summed E-state index contributed by atoms with van der Waals surface area (Å²) in [6, 6.07) is 18.0. The van der Waals surface area contributed by atoms with Crippen molar-refractivity contribution in [1.29, 1.82) is 0 Å². The van der Waals surface area contributed by atoms with Crippen molar-refractivity contribution in [2.24, 2.45) is 5.73 Å². The van der Waals surface area contributed by atoms with Gasteiger partial charge in [0.15, 0.2) is 0 Å². The lowest BCUT2D eigenvalue weighted by molar-refractivity contribution is -0.126. The molecule has 2 aliphatic rings. The molecule has 0 saturated carbocycles. The number of alkyl carbamates (subject to hydrolysis) is 1. The third kappa shape index (κ3) is 28.5. The van der Waals surface area contributed by atoms with Crippen molar-refractivity contribution in [1.82, 2.24) is 24.9 Å². The number of amides is 3. The minimum atomic E-state index is -0.928. The van der Waals surface area contributed by atoms with Crippen LogP contribution in [0.2, 0.25) is 0 Å². The van der Waals surface area contributed by atoms with Crippen LogP contribution in [0.5, 0.6) is 0 Å². The van der Waals surface area contributed by atoms with E-state index in [2.05, 4.69) is 276 Å². The SMILES string of the molecule is C#CC#CC#CC#CC#CC#CC#CC#CC#CC#CC#CC#CC#CC#CC#CC#CC#CC#CC#CC#CC#CC#CC#C.Cc1nn(Cc2ccccc2)c2c1N(O)C(=O)[C@@H](N)C2.Cc1nn(Cc2ccccc2)c2c1N(O)C(=O)[C@@H](NC(=O)OC(C)(C)C)C2.Cl. The molecule has 2 atom stereocenters. The summed E-state index contributed by atoms with van der Waals surface area (Å²) in [7, 11) is 0. The van der Waals surface area contributed by atoms with Crippen molar-refractivity contribution >= 4 is 41.7 Å². The van der Waals surface area contributed by atoms with Crippen LogP contribution in [-0.4, -0.2) is 65.6 Å². The molecule has 0 bridgehead atoms. The summed E-state index contributed by atoms with van der Waals surface area (Å²) in [5.41, 5.74) is 10.7. The van der Waals surface area contributed by atoms with Crippen molar-refractivity contribution in [3.63, 3.8) is 0 Å². The minimum absolute atomic E-state index is 0. The number of ether oxygens (including phenoxy) is 1. The van der Waals surface area contributed by atoms with Crippen LogP contribution < -0.4 is 21.2 Å².